The maximum atomic E-state index is 12.3. The van der Waals surface area contributed by atoms with Crippen molar-refractivity contribution in [2.24, 2.45) is 5.73 Å². The first kappa shape index (κ1) is 14.9. The third-order valence-electron chi connectivity index (χ3n) is 1.98. The average molecular weight is 284 g/mol. The molecule has 1 aromatic carbocycles. The highest BCUT2D eigenvalue weighted by Gasteiger charge is 2.51. The van der Waals surface area contributed by atoms with Crippen LogP contribution in [0.5, 0.6) is 0 Å². The standard InChI is InChI=1S/C9H11F3N2O3S/c1-8(13,9(10,11)12)17-14-18(15,16)7-5-3-2-4-6-7/h2-6,14H,13H2,1H3. The molecule has 0 aliphatic heterocycles. The number of benzene rings is 1. The van der Waals surface area contributed by atoms with Gasteiger partial charge < -0.3 is 0 Å². The van der Waals surface area contributed by atoms with Crippen molar-refractivity contribution in [1.29, 1.82) is 0 Å². The fourth-order valence-electron chi connectivity index (χ4n) is 0.847. The van der Waals surface area contributed by atoms with Crippen molar-refractivity contribution in [1.82, 2.24) is 4.89 Å². The Balaban J connectivity index is 2.82. The molecule has 1 aromatic rings. The lowest BCUT2D eigenvalue weighted by molar-refractivity contribution is -0.278. The summed E-state index contributed by atoms with van der Waals surface area (Å²) in [5.41, 5.74) is 1.69. The summed E-state index contributed by atoms with van der Waals surface area (Å²) in [6, 6.07) is 6.79. The molecular weight excluding hydrogens is 273 g/mol. The number of halogens is 3. The van der Waals surface area contributed by atoms with E-state index in [4.69, 9.17) is 5.73 Å². The second-order valence-corrected chi connectivity index (χ2v) is 5.25. The normalized spacial score (nSPS) is 16.3. The van der Waals surface area contributed by atoms with Gasteiger partial charge in [-0.05, 0) is 19.1 Å². The molecule has 0 aliphatic rings. The van der Waals surface area contributed by atoms with E-state index in [1.165, 1.54) is 29.2 Å². The zero-order valence-electron chi connectivity index (χ0n) is 9.23. The molecule has 0 heterocycles. The fourth-order valence-corrected chi connectivity index (χ4v) is 1.74. The smallest absolute Gasteiger partial charge is 0.294 e. The number of alkyl halides is 3. The van der Waals surface area contributed by atoms with Gasteiger partial charge in [0, 0.05) is 0 Å². The van der Waals surface area contributed by atoms with Crippen LogP contribution in [0.2, 0.25) is 0 Å². The van der Waals surface area contributed by atoms with Crippen molar-refractivity contribution < 1.29 is 26.4 Å². The Morgan fingerprint density at radius 2 is 1.72 bits per heavy atom. The van der Waals surface area contributed by atoms with Crippen LogP contribution < -0.4 is 10.6 Å². The van der Waals surface area contributed by atoms with Crippen LogP contribution in [0.15, 0.2) is 35.2 Å². The van der Waals surface area contributed by atoms with Gasteiger partial charge in [0.2, 0.25) is 5.72 Å². The first-order valence-electron chi connectivity index (χ1n) is 4.67. The van der Waals surface area contributed by atoms with Gasteiger partial charge in [-0.1, -0.05) is 23.1 Å². The first-order valence-corrected chi connectivity index (χ1v) is 6.15. The minimum absolute atomic E-state index is 0.233. The van der Waals surface area contributed by atoms with Crippen molar-refractivity contribution in [2.75, 3.05) is 0 Å². The van der Waals surface area contributed by atoms with Gasteiger partial charge >= 0.3 is 6.18 Å². The maximum Gasteiger partial charge on any atom is 0.432 e. The third kappa shape index (κ3) is 3.42. The SMILES string of the molecule is CC(N)(ONS(=O)(=O)c1ccccc1)C(F)(F)F. The van der Waals surface area contributed by atoms with E-state index in [-0.39, 0.29) is 4.90 Å². The van der Waals surface area contributed by atoms with E-state index in [1.54, 1.807) is 6.07 Å². The number of rotatable bonds is 4. The number of nitrogens with one attached hydrogen (secondary N) is 1. The highest BCUT2D eigenvalue weighted by Crippen LogP contribution is 2.28. The third-order valence-corrected chi connectivity index (χ3v) is 3.18. The summed E-state index contributed by atoms with van der Waals surface area (Å²) in [5.74, 6) is 0. The summed E-state index contributed by atoms with van der Waals surface area (Å²) in [5, 5.41) is 0. The highest BCUT2D eigenvalue weighted by atomic mass is 32.2. The number of sulfonamides is 1. The van der Waals surface area contributed by atoms with E-state index < -0.39 is 21.9 Å². The fraction of sp³-hybridized carbons (Fsp3) is 0.333. The molecule has 1 rings (SSSR count). The molecule has 5 nitrogen and oxygen atoms in total. The van der Waals surface area contributed by atoms with Gasteiger partial charge in [-0.3, -0.25) is 10.6 Å². The Morgan fingerprint density at radius 1 is 1.22 bits per heavy atom. The van der Waals surface area contributed by atoms with Crippen molar-refractivity contribution in [3.8, 4) is 0 Å². The topological polar surface area (TPSA) is 81.4 Å². The molecule has 102 valence electrons. The summed E-state index contributed by atoms with van der Waals surface area (Å²) in [6.07, 6.45) is -4.91. The van der Waals surface area contributed by atoms with Gasteiger partial charge in [0.05, 0.1) is 4.90 Å². The molecule has 0 saturated heterocycles. The predicted molar refractivity (Wildman–Crippen MR) is 56.5 cm³/mol. The molecule has 1 atom stereocenters. The van der Waals surface area contributed by atoms with E-state index in [1.807, 2.05) is 0 Å². The maximum absolute atomic E-state index is 12.3. The van der Waals surface area contributed by atoms with Crippen molar-refractivity contribution in [3.63, 3.8) is 0 Å². The summed E-state index contributed by atoms with van der Waals surface area (Å²) in [7, 11) is -4.21. The Morgan fingerprint density at radius 3 is 2.17 bits per heavy atom. The lowest BCUT2D eigenvalue weighted by Crippen LogP contribution is -2.56. The minimum atomic E-state index is -4.91. The molecule has 18 heavy (non-hydrogen) atoms. The van der Waals surface area contributed by atoms with Crippen LogP contribution in [0.4, 0.5) is 13.2 Å². The highest BCUT2D eigenvalue weighted by molar-refractivity contribution is 7.89. The summed E-state index contributed by atoms with van der Waals surface area (Å²) < 4.78 is 60.1. The lowest BCUT2D eigenvalue weighted by atomic mass is 10.3. The molecule has 0 amide bonds. The first-order chi connectivity index (χ1) is 8.06. The van der Waals surface area contributed by atoms with E-state index in [0.29, 0.717) is 6.92 Å². The van der Waals surface area contributed by atoms with Gasteiger partial charge in [0.1, 0.15) is 0 Å². The van der Waals surface area contributed by atoms with E-state index in [9.17, 15) is 21.6 Å². The Labute approximate surface area is 102 Å². The van der Waals surface area contributed by atoms with Crippen molar-refractivity contribution in [3.05, 3.63) is 30.3 Å². The van der Waals surface area contributed by atoms with Crippen molar-refractivity contribution in [2.45, 2.75) is 23.7 Å². The van der Waals surface area contributed by atoms with E-state index >= 15 is 0 Å². The van der Waals surface area contributed by atoms with Crippen LogP contribution in [-0.4, -0.2) is 20.3 Å². The Hall–Kier alpha value is -1.16. The Bertz CT molecular complexity index is 500. The van der Waals surface area contributed by atoms with Gasteiger partial charge in [-0.25, -0.2) is 8.42 Å². The van der Waals surface area contributed by atoms with Crippen LogP contribution >= 0.6 is 0 Å². The molecule has 0 radical (unpaired) electrons. The summed E-state index contributed by atoms with van der Waals surface area (Å²) in [6.45, 7) is 0.501. The van der Waals surface area contributed by atoms with Crippen LogP contribution in [-0.2, 0) is 14.9 Å². The zero-order chi connectivity index (χ0) is 14.0. The predicted octanol–water partition coefficient (Wildman–Crippen LogP) is 1.13. The number of hydrogen-bond donors (Lipinski definition) is 2. The molecule has 0 aromatic heterocycles. The van der Waals surface area contributed by atoms with Crippen LogP contribution in [0.3, 0.4) is 0 Å². The molecule has 9 heteroatoms. The minimum Gasteiger partial charge on any atom is -0.294 e. The average Bonchev–Trinajstić information content (AvgIpc) is 2.26. The van der Waals surface area contributed by atoms with Gasteiger partial charge in [0.25, 0.3) is 10.0 Å². The molecule has 0 bridgehead atoms. The number of hydrogen-bond acceptors (Lipinski definition) is 4. The second kappa shape index (κ2) is 4.84. The zero-order valence-corrected chi connectivity index (χ0v) is 10.0. The summed E-state index contributed by atoms with van der Waals surface area (Å²) >= 11 is 0. The molecular formula is C9H11F3N2O3S. The van der Waals surface area contributed by atoms with E-state index in [0.717, 1.165) is 0 Å². The Kier molecular flexibility index (Phi) is 4.01. The van der Waals surface area contributed by atoms with Crippen LogP contribution in [0.1, 0.15) is 6.92 Å². The monoisotopic (exact) mass is 284 g/mol. The second-order valence-electron chi connectivity index (χ2n) is 3.61. The molecule has 0 fully saturated rings. The molecule has 0 saturated carbocycles. The van der Waals surface area contributed by atoms with Gasteiger partial charge in [-0.2, -0.15) is 13.2 Å². The van der Waals surface area contributed by atoms with E-state index in [2.05, 4.69) is 4.84 Å². The quantitative estimate of drug-likeness (QED) is 0.641. The van der Waals surface area contributed by atoms with Crippen LogP contribution in [0.25, 0.3) is 0 Å². The van der Waals surface area contributed by atoms with Gasteiger partial charge in [-0.15, -0.1) is 0 Å². The molecule has 0 spiro atoms. The van der Waals surface area contributed by atoms with Gasteiger partial charge in [0.15, 0.2) is 0 Å². The summed E-state index contributed by atoms with van der Waals surface area (Å²) in [4.78, 5) is 5.14. The molecule has 1 unspecified atom stereocenters. The largest absolute Gasteiger partial charge is 0.432 e. The lowest BCUT2D eigenvalue weighted by Gasteiger charge is -2.26. The number of nitrogens with two attached hydrogens (primary N) is 1. The van der Waals surface area contributed by atoms with Crippen molar-refractivity contribution >= 4 is 10.0 Å². The van der Waals surface area contributed by atoms with Crippen LogP contribution in [0, 0.1) is 0 Å². The molecule has 0 aliphatic carbocycles. The molecule has 3 N–H and O–H groups in total.